The fourth-order valence-electron chi connectivity index (χ4n) is 3.50. The van der Waals surface area contributed by atoms with E-state index in [9.17, 15) is 13.2 Å². The largest absolute Gasteiger partial charge is 0.454 e. The molecule has 0 unspecified atom stereocenters. The maximum atomic E-state index is 12.5. The van der Waals surface area contributed by atoms with E-state index >= 15 is 0 Å². The number of carbonyl (C=O) groups is 1. The smallest absolute Gasteiger partial charge is 0.231 e. The summed E-state index contributed by atoms with van der Waals surface area (Å²) >= 11 is 1.41. The number of amides is 1. The van der Waals surface area contributed by atoms with Gasteiger partial charge in [0.05, 0.1) is 26.6 Å². The minimum Gasteiger partial charge on any atom is -0.454 e. The summed E-state index contributed by atoms with van der Waals surface area (Å²) in [7, 11) is -3.42. The number of nitrogens with one attached hydrogen (secondary N) is 1. The molecule has 0 radical (unpaired) electrons. The van der Waals surface area contributed by atoms with Crippen molar-refractivity contribution in [2.45, 2.75) is 24.7 Å². The maximum absolute atomic E-state index is 12.5. The molecule has 4 aromatic rings. The second-order valence-corrected chi connectivity index (χ2v) is 10.7. The van der Waals surface area contributed by atoms with Gasteiger partial charge in [-0.05, 0) is 25.5 Å². The van der Waals surface area contributed by atoms with Gasteiger partial charge < -0.3 is 14.8 Å². The molecular formula is C22H20N4O5S2. The first-order valence-corrected chi connectivity index (χ1v) is 12.7. The first kappa shape index (κ1) is 21.4. The van der Waals surface area contributed by atoms with Gasteiger partial charge in [-0.3, -0.25) is 4.79 Å². The average molecular weight is 485 g/mol. The molecule has 1 aliphatic heterocycles. The summed E-state index contributed by atoms with van der Waals surface area (Å²) in [6.45, 7) is 2.02. The van der Waals surface area contributed by atoms with Gasteiger partial charge in [0.2, 0.25) is 17.8 Å². The van der Waals surface area contributed by atoms with Gasteiger partial charge in [0.25, 0.3) is 0 Å². The molecule has 0 bridgehead atoms. The van der Waals surface area contributed by atoms with Crippen LogP contribution >= 0.6 is 11.3 Å². The van der Waals surface area contributed by atoms with Crippen molar-refractivity contribution in [1.82, 2.24) is 14.8 Å². The van der Waals surface area contributed by atoms with Crippen LogP contribution in [0, 0.1) is 6.92 Å². The van der Waals surface area contributed by atoms with Gasteiger partial charge >= 0.3 is 0 Å². The molecule has 0 aliphatic carbocycles. The molecule has 170 valence electrons. The monoisotopic (exact) mass is 484 g/mol. The van der Waals surface area contributed by atoms with E-state index in [1.807, 2.05) is 19.1 Å². The fourth-order valence-corrected chi connectivity index (χ4v) is 5.78. The van der Waals surface area contributed by atoms with Crippen molar-refractivity contribution >= 4 is 43.1 Å². The molecule has 33 heavy (non-hydrogen) atoms. The normalized spacial score (nSPS) is 12.9. The number of carbonyl (C=O) groups excluding carboxylic acids is 1. The van der Waals surface area contributed by atoms with Crippen LogP contribution in [0.5, 0.6) is 11.5 Å². The third-order valence-electron chi connectivity index (χ3n) is 5.07. The molecule has 1 aliphatic rings. The van der Waals surface area contributed by atoms with E-state index in [1.54, 1.807) is 41.1 Å². The van der Waals surface area contributed by atoms with Crippen molar-refractivity contribution in [3.05, 3.63) is 54.2 Å². The molecule has 0 fully saturated rings. The highest BCUT2D eigenvalue weighted by molar-refractivity contribution is 7.91. The number of hydrogen-bond donors (Lipinski definition) is 1. The van der Waals surface area contributed by atoms with Crippen LogP contribution in [0.1, 0.15) is 18.5 Å². The third kappa shape index (κ3) is 4.41. The van der Waals surface area contributed by atoms with Crippen molar-refractivity contribution < 1.29 is 22.7 Å². The van der Waals surface area contributed by atoms with Gasteiger partial charge in [-0.25, -0.2) is 13.4 Å². The lowest BCUT2D eigenvalue weighted by Crippen LogP contribution is -2.16. The first-order chi connectivity index (χ1) is 15.9. The van der Waals surface area contributed by atoms with Crippen LogP contribution in [0.2, 0.25) is 0 Å². The Labute approximate surface area is 193 Å². The Morgan fingerprint density at radius 2 is 1.91 bits per heavy atom. The average Bonchev–Trinajstić information content (AvgIpc) is 3.50. The Hall–Kier alpha value is -3.44. The molecular weight excluding hydrogens is 464 g/mol. The highest BCUT2D eigenvalue weighted by Gasteiger charge is 2.20. The molecule has 0 saturated heterocycles. The number of thiazole rings is 1. The van der Waals surface area contributed by atoms with Gasteiger partial charge in [-0.1, -0.05) is 29.5 Å². The second-order valence-electron chi connectivity index (χ2n) is 7.54. The van der Waals surface area contributed by atoms with E-state index in [0.717, 1.165) is 10.2 Å². The van der Waals surface area contributed by atoms with Gasteiger partial charge in [0, 0.05) is 24.6 Å². The van der Waals surface area contributed by atoms with Crippen LogP contribution in [0.3, 0.4) is 0 Å². The van der Waals surface area contributed by atoms with E-state index in [4.69, 9.17) is 9.47 Å². The minimum atomic E-state index is -3.42. The van der Waals surface area contributed by atoms with Crippen molar-refractivity contribution in [3.8, 4) is 16.6 Å². The van der Waals surface area contributed by atoms with Crippen LogP contribution in [0.4, 0.5) is 5.82 Å². The van der Waals surface area contributed by atoms with Gasteiger partial charge in [-0.15, -0.1) is 0 Å². The SMILES string of the molecule is Cc1cc(NC(=O)CCCS(=O)(=O)c2ccccc2)n(-c2nc3cc4c(cc3s2)OCO4)n1. The Morgan fingerprint density at radius 1 is 1.15 bits per heavy atom. The highest BCUT2D eigenvalue weighted by atomic mass is 32.2. The van der Waals surface area contributed by atoms with Gasteiger partial charge in [0.15, 0.2) is 21.3 Å². The van der Waals surface area contributed by atoms with Crippen molar-refractivity contribution in [2.24, 2.45) is 0 Å². The van der Waals surface area contributed by atoms with Crippen molar-refractivity contribution in [3.63, 3.8) is 0 Å². The standard InChI is InChI=1S/C22H20N4O5S2/c1-14-10-20(24-21(27)8-5-9-33(28,29)15-6-3-2-4-7-15)26(25-14)22-23-16-11-17-18(31-13-30-17)12-19(16)32-22/h2-4,6-7,10-12H,5,8-9,13H2,1H3,(H,24,27). The number of aromatic nitrogens is 3. The second kappa shape index (κ2) is 8.49. The van der Waals surface area contributed by atoms with Gasteiger partial charge in [0.1, 0.15) is 5.82 Å². The number of hydrogen-bond acceptors (Lipinski definition) is 8. The quantitative estimate of drug-likeness (QED) is 0.425. The van der Waals surface area contributed by atoms with Gasteiger partial charge in [-0.2, -0.15) is 9.78 Å². The lowest BCUT2D eigenvalue weighted by molar-refractivity contribution is -0.116. The Bertz CT molecular complexity index is 1400. The molecule has 5 rings (SSSR count). The van der Waals surface area contributed by atoms with Crippen LogP contribution in [-0.2, 0) is 14.6 Å². The summed E-state index contributed by atoms with van der Waals surface area (Å²) in [4.78, 5) is 17.4. The molecule has 11 heteroatoms. The first-order valence-electron chi connectivity index (χ1n) is 10.2. The number of aryl methyl sites for hydroxylation is 1. The minimum absolute atomic E-state index is 0.0670. The number of benzene rings is 2. The third-order valence-corrected chi connectivity index (χ3v) is 7.88. The predicted molar refractivity (Wildman–Crippen MR) is 124 cm³/mol. The summed E-state index contributed by atoms with van der Waals surface area (Å²) < 4.78 is 38.1. The summed E-state index contributed by atoms with van der Waals surface area (Å²) in [6.07, 6.45) is 0.278. The lowest BCUT2D eigenvalue weighted by atomic mass is 10.3. The molecule has 1 amide bonds. The molecule has 2 aromatic heterocycles. The van der Waals surface area contributed by atoms with E-state index < -0.39 is 9.84 Å². The molecule has 0 saturated carbocycles. The number of sulfone groups is 1. The topological polar surface area (TPSA) is 112 Å². The van der Waals surface area contributed by atoms with Crippen LogP contribution in [0.25, 0.3) is 15.3 Å². The number of fused-ring (bicyclic) bond motifs is 2. The maximum Gasteiger partial charge on any atom is 0.231 e. The molecule has 9 nitrogen and oxygen atoms in total. The number of rotatable bonds is 7. The number of ether oxygens (including phenoxy) is 2. The Morgan fingerprint density at radius 3 is 2.70 bits per heavy atom. The summed E-state index contributed by atoms with van der Waals surface area (Å²) in [5.74, 6) is 1.40. The van der Waals surface area contributed by atoms with E-state index in [0.29, 0.717) is 28.1 Å². The van der Waals surface area contributed by atoms with Crippen LogP contribution in [-0.4, -0.2) is 41.6 Å². The number of nitrogens with zero attached hydrogens (tertiary/aromatic N) is 3. The van der Waals surface area contributed by atoms with Crippen molar-refractivity contribution in [2.75, 3.05) is 17.9 Å². The lowest BCUT2D eigenvalue weighted by Gasteiger charge is -2.07. The zero-order valence-corrected chi connectivity index (χ0v) is 19.3. The Balaban J connectivity index is 1.28. The Kier molecular flexibility index (Phi) is 5.51. The summed E-state index contributed by atoms with van der Waals surface area (Å²) in [6, 6.07) is 13.7. The molecule has 1 N–H and O–H groups in total. The molecule has 0 atom stereocenters. The fraction of sp³-hybridized carbons (Fsp3) is 0.227. The highest BCUT2D eigenvalue weighted by Crippen LogP contribution is 2.38. The van der Waals surface area contributed by atoms with Crippen LogP contribution < -0.4 is 14.8 Å². The number of anilines is 1. The zero-order valence-electron chi connectivity index (χ0n) is 17.6. The van der Waals surface area contributed by atoms with Crippen LogP contribution in [0.15, 0.2) is 53.4 Å². The van der Waals surface area contributed by atoms with E-state index in [2.05, 4.69) is 15.4 Å². The van der Waals surface area contributed by atoms with E-state index in [1.165, 1.54) is 11.3 Å². The van der Waals surface area contributed by atoms with Crippen molar-refractivity contribution in [1.29, 1.82) is 0 Å². The van der Waals surface area contributed by atoms with E-state index in [-0.39, 0.29) is 36.2 Å². The molecule has 0 spiro atoms. The summed E-state index contributed by atoms with van der Waals surface area (Å²) in [5, 5.41) is 7.87. The zero-order chi connectivity index (χ0) is 23.0. The summed E-state index contributed by atoms with van der Waals surface area (Å²) in [5.41, 5.74) is 1.46. The molecule has 2 aromatic carbocycles. The predicted octanol–water partition coefficient (Wildman–Crippen LogP) is 3.71. The molecule has 3 heterocycles.